The van der Waals surface area contributed by atoms with E-state index in [0.29, 0.717) is 25.9 Å². The summed E-state index contributed by atoms with van der Waals surface area (Å²) >= 11 is 0. The van der Waals surface area contributed by atoms with Crippen molar-refractivity contribution in [2.75, 3.05) is 18.4 Å². The molecular formula is C20H31N3O3S. The molecule has 0 radical (unpaired) electrons. The van der Waals surface area contributed by atoms with E-state index in [1.807, 2.05) is 6.07 Å². The Morgan fingerprint density at radius 1 is 1.11 bits per heavy atom. The molecule has 0 unspecified atom stereocenters. The minimum atomic E-state index is -3.27. The number of aryl methyl sites for hydroxylation is 1. The number of fused-ring (bicyclic) bond motifs is 1. The molecule has 2 aliphatic rings. The van der Waals surface area contributed by atoms with Gasteiger partial charge in [0.25, 0.3) is 0 Å². The van der Waals surface area contributed by atoms with Crippen LogP contribution < -0.4 is 10.0 Å². The highest BCUT2D eigenvalue weighted by Gasteiger charge is 2.27. The molecule has 150 valence electrons. The van der Waals surface area contributed by atoms with Gasteiger partial charge in [-0.25, -0.2) is 17.9 Å². The van der Waals surface area contributed by atoms with Crippen LogP contribution in [0, 0.1) is 6.92 Å². The maximum absolute atomic E-state index is 12.7. The summed E-state index contributed by atoms with van der Waals surface area (Å²) in [4.78, 5) is 14.5. The summed E-state index contributed by atoms with van der Waals surface area (Å²) < 4.78 is 26.8. The molecule has 1 aliphatic carbocycles. The van der Waals surface area contributed by atoms with Crippen molar-refractivity contribution in [1.29, 1.82) is 0 Å². The van der Waals surface area contributed by atoms with E-state index in [9.17, 15) is 13.2 Å². The first-order chi connectivity index (χ1) is 12.8. The number of hydrogen-bond donors (Lipinski definition) is 2. The van der Waals surface area contributed by atoms with E-state index in [1.54, 1.807) is 18.7 Å². The minimum absolute atomic E-state index is 0.0863. The summed E-state index contributed by atoms with van der Waals surface area (Å²) in [5.41, 5.74) is 4.92. The molecule has 1 heterocycles. The lowest BCUT2D eigenvalue weighted by Gasteiger charge is -2.33. The molecule has 27 heavy (non-hydrogen) atoms. The quantitative estimate of drug-likeness (QED) is 0.824. The number of likely N-dealkylation sites (tertiary alicyclic amines) is 1. The fourth-order valence-electron chi connectivity index (χ4n) is 3.93. The molecule has 2 N–H and O–H groups in total. The molecule has 1 fully saturated rings. The maximum Gasteiger partial charge on any atom is 0.321 e. The van der Waals surface area contributed by atoms with Crippen LogP contribution in [-0.4, -0.2) is 43.7 Å². The standard InChI is InChI=1S/C20H31N3O3S/c1-14(2)27(25,26)22-16-10-12-23(13-11-16)20(24)21-19-9-8-15(3)17-6-4-5-7-18(17)19/h8-9,14,16,22H,4-7,10-13H2,1-3H3,(H,21,24). The van der Waals surface area contributed by atoms with Gasteiger partial charge in [-0.15, -0.1) is 0 Å². The van der Waals surface area contributed by atoms with E-state index < -0.39 is 15.3 Å². The summed E-state index contributed by atoms with van der Waals surface area (Å²) in [5, 5.41) is 2.66. The van der Waals surface area contributed by atoms with Gasteiger partial charge in [0, 0.05) is 24.8 Å². The van der Waals surface area contributed by atoms with Crippen LogP contribution in [0.25, 0.3) is 0 Å². The SMILES string of the molecule is Cc1ccc(NC(=O)N2CCC(NS(=O)(=O)C(C)C)CC2)c2c1CCCC2. The monoisotopic (exact) mass is 393 g/mol. The first-order valence-corrected chi connectivity index (χ1v) is 11.5. The zero-order valence-corrected chi connectivity index (χ0v) is 17.4. The van der Waals surface area contributed by atoms with Crippen molar-refractivity contribution in [2.45, 2.75) is 70.6 Å². The number of nitrogens with one attached hydrogen (secondary N) is 2. The average molecular weight is 394 g/mol. The second-order valence-electron chi connectivity index (χ2n) is 8.00. The zero-order chi connectivity index (χ0) is 19.6. The molecule has 0 atom stereocenters. The van der Waals surface area contributed by atoms with Crippen LogP contribution in [0.2, 0.25) is 0 Å². The number of urea groups is 1. The van der Waals surface area contributed by atoms with Crippen LogP contribution in [0.4, 0.5) is 10.5 Å². The van der Waals surface area contributed by atoms with E-state index >= 15 is 0 Å². The van der Waals surface area contributed by atoms with Crippen molar-refractivity contribution in [1.82, 2.24) is 9.62 Å². The lowest BCUT2D eigenvalue weighted by molar-refractivity contribution is 0.193. The van der Waals surface area contributed by atoms with Crippen molar-refractivity contribution in [3.63, 3.8) is 0 Å². The van der Waals surface area contributed by atoms with Crippen LogP contribution in [0.1, 0.15) is 56.2 Å². The molecule has 0 bridgehead atoms. The van der Waals surface area contributed by atoms with Gasteiger partial charge in [0.15, 0.2) is 0 Å². The molecule has 0 aromatic heterocycles. The molecule has 0 spiro atoms. The molecule has 3 rings (SSSR count). The molecule has 1 aliphatic heterocycles. The van der Waals surface area contributed by atoms with E-state index in [0.717, 1.165) is 18.5 Å². The van der Waals surface area contributed by atoms with Crippen molar-refractivity contribution in [3.8, 4) is 0 Å². The number of piperidine rings is 1. The molecule has 1 saturated heterocycles. The fraction of sp³-hybridized carbons (Fsp3) is 0.650. The first kappa shape index (κ1) is 20.1. The largest absolute Gasteiger partial charge is 0.324 e. The number of rotatable bonds is 4. The van der Waals surface area contributed by atoms with Gasteiger partial charge in [0.05, 0.1) is 5.25 Å². The normalized spacial score (nSPS) is 18.4. The van der Waals surface area contributed by atoms with Gasteiger partial charge >= 0.3 is 6.03 Å². The van der Waals surface area contributed by atoms with Gasteiger partial charge in [-0.05, 0) is 82.1 Å². The molecular weight excluding hydrogens is 362 g/mol. The Hall–Kier alpha value is -1.60. The predicted octanol–water partition coefficient (Wildman–Crippen LogP) is 3.20. The van der Waals surface area contributed by atoms with Gasteiger partial charge in [-0.3, -0.25) is 0 Å². The lowest BCUT2D eigenvalue weighted by atomic mass is 9.87. The summed E-state index contributed by atoms with van der Waals surface area (Å²) in [6.07, 6.45) is 5.78. The molecule has 1 aromatic rings. The van der Waals surface area contributed by atoms with E-state index in [2.05, 4.69) is 23.0 Å². The Kier molecular flexibility index (Phi) is 6.11. The number of nitrogens with zero attached hydrogens (tertiary/aromatic N) is 1. The zero-order valence-electron chi connectivity index (χ0n) is 16.5. The van der Waals surface area contributed by atoms with Crippen LogP contribution in [0.5, 0.6) is 0 Å². The Morgan fingerprint density at radius 3 is 2.37 bits per heavy atom. The first-order valence-electron chi connectivity index (χ1n) is 9.96. The van der Waals surface area contributed by atoms with Crippen LogP contribution >= 0.6 is 0 Å². The van der Waals surface area contributed by atoms with Crippen molar-refractivity contribution in [3.05, 3.63) is 28.8 Å². The topological polar surface area (TPSA) is 78.5 Å². The maximum atomic E-state index is 12.7. The number of anilines is 1. The van der Waals surface area contributed by atoms with Gasteiger partial charge in [-0.2, -0.15) is 0 Å². The molecule has 7 heteroatoms. The van der Waals surface area contributed by atoms with Crippen LogP contribution in [0.15, 0.2) is 12.1 Å². The minimum Gasteiger partial charge on any atom is -0.324 e. The van der Waals surface area contributed by atoms with E-state index in [1.165, 1.54) is 29.5 Å². The Labute approximate surface area is 162 Å². The van der Waals surface area contributed by atoms with E-state index in [4.69, 9.17) is 0 Å². The number of carbonyl (C=O) groups excluding carboxylic acids is 1. The summed E-state index contributed by atoms with van der Waals surface area (Å²) in [6.45, 7) is 6.61. The number of hydrogen-bond acceptors (Lipinski definition) is 3. The molecule has 1 aromatic carbocycles. The van der Waals surface area contributed by atoms with Gasteiger partial charge in [0.1, 0.15) is 0 Å². The molecule has 0 saturated carbocycles. The highest BCUT2D eigenvalue weighted by molar-refractivity contribution is 7.90. The molecule has 2 amide bonds. The summed E-state index contributed by atoms with van der Waals surface area (Å²) in [7, 11) is -3.27. The van der Waals surface area contributed by atoms with Gasteiger partial charge < -0.3 is 10.2 Å². The number of benzene rings is 1. The second-order valence-corrected chi connectivity index (χ2v) is 10.3. The smallest absolute Gasteiger partial charge is 0.321 e. The number of amides is 2. The van der Waals surface area contributed by atoms with Crippen LogP contribution in [-0.2, 0) is 22.9 Å². The third kappa shape index (κ3) is 4.63. The van der Waals surface area contributed by atoms with Gasteiger partial charge in [-0.1, -0.05) is 6.07 Å². The highest BCUT2D eigenvalue weighted by atomic mass is 32.2. The number of carbonyl (C=O) groups is 1. The third-order valence-corrected chi connectivity index (χ3v) is 7.65. The van der Waals surface area contributed by atoms with Crippen molar-refractivity contribution >= 4 is 21.7 Å². The van der Waals surface area contributed by atoms with Crippen molar-refractivity contribution < 1.29 is 13.2 Å². The van der Waals surface area contributed by atoms with E-state index in [-0.39, 0.29) is 12.1 Å². The Bertz CT molecular complexity index is 797. The Balaban J connectivity index is 1.59. The highest BCUT2D eigenvalue weighted by Crippen LogP contribution is 2.30. The lowest BCUT2D eigenvalue weighted by Crippen LogP contribution is -2.48. The average Bonchev–Trinajstić information content (AvgIpc) is 2.64. The Morgan fingerprint density at radius 2 is 1.74 bits per heavy atom. The fourth-order valence-corrected chi connectivity index (χ4v) is 4.90. The van der Waals surface area contributed by atoms with Crippen molar-refractivity contribution in [2.24, 2.45) is 0 Å². The molecule has 6 nitrogen and oxygen atoms in total. The third-order valence-electron chi connectivity index (χ3n) is 5.74. The number of sulfonamides is 1. The summed E-state index contributed by atoms with van der Waals surface area (Å²) in [6, 6.07) is 3.93. The predicted molar refractivity (Wildman–Crippen MR) is 109 cm³/mol. The van der Waals surface area contributed by atoms with Crippen LogP contribution in [0.3, 0.4) is 0 Å². The second kappa shape index (κ2) is 8.19. The summed E-state index contributed by atoms with van der Waals surface area (Å²) in [5.74, 6) is 0. The van der Waals surface area contributed by atoms with Gasteiger partial charge in [0.2, 0.25) is 10.0 Å².